The van der Waals surface area contributed by atoms with Gasteiger partial charge in [-0.05, 0) is 32.0 Å². The van der Waals surface area contributed by atoms with Gasteiger partial charge in [0.15, 0.2) is 11.6 Å². The van der Waals surface area contributed by atoms with Crippen LogP contribution in [0.4, 0.5) is 14.5 Å². The lowest BCUT2D eigenvalue weighted by atomic mass is 10.2. The van der Waals surface area contributed by atoms with Gasteiger partial charge in [0.05, 0.1) is 19.2 Å². The summed E-state index contributed by atoms with van der Waals surface area (Å²) in [6, 6.07) is 3.04. The van der Waals surface area contributed by atoms with E-state index in [2.05, 4.69) is 10.6 Å². The van der Waals surface area contributed by atoms with E-state index in [-0.39, 0.29) is 30.8 Å². The van der Waals surface area contributed by atoms with Crippen LogP contribution in [0.25, 0.3) is 0 Å². The van der Waals surface area contributed by atoms with Crippen LogP contribution < -0.4 is 10.6 Å². The second-order valence-corrected chi connectivity index (χ2v) is 5.79. The molecule has 24 heavy (non-hydrogen) atoms. The first-order valence-corrected chi connectivity index (χ1v) is 7.76. The van der Waals surface area contributed by atoms with Crippen molar-refractivity contribution in [1.82, 2.24) is 10.2 Å². The highest BCUT2D eigenvalue weighted by Crippen LogP contribution is 2.13. The molecule has 1 aliphatic heterocycles. The van der Waals surface area contributed by atoms with E-state index in [1.165, 1.54) is 6.07 Å². The molecular formula is C16H21F2N3O3. The molecule has 1 aromatic carbocycles. The number of hydrogen-bond acceptors (Lipinski definition) is 4. The van der Waals surface area contributed by atoms with Crippen molar-refractivity contribution in [3.8, 4) is 0 Å². The Morgan fingerprint density at radius 3 is 2.75 bits per heavy atom. The highest BCUT2D eigenvalue weighted by Gasteiger charge is 2.18. The van der Waals surface area contributed by atoms with Gasteiger partial charge in [0.1, 0.15) is 0 Å². The van der Waals surface area contributed by atoms with Crippen LogP contribution in [-0.4, -0.2) is 56.1 Å². The van der Waals surface area contributed by atoms with E-state index in [4.69, 9.17) is 4.74 Å². The first-order chi connectivity index (χ1) is 11.4. The summed E-state index contributed by atoms with van der Waals surface area (Å²) in [5, 5.41) is 4.87. The molecule has 0 aromatic heterocycles. The highest BCUT2D eigenvalue weighted by molar-refractivity contribution is 5.94. The van der Waals surface area contributed by atoms with Crippen LogP contribution in [0, 0.1) is 11.6 Å². The van der Waals surface area contributed by atoms with Gasteiger partial charge in [-0.1, -0.05) is 0 Å². The second kappa shape index (κ2) is 8.70. The third kappa shape index (κ3) is 5.86. The molecule has 1 aromatic rings. The van der Waals surface area contributed by atoms with Gasteiger partial charge in [-0.3, -0.25) is 14.5 Å². The van der Waals surface area contributed by atoms with E-state index in [1.807, 2.05) is 11.9 Å². The van der Waals surface area contributed by atoms with Gasteiger partial charge < -0.3 is 15.4 Å². The molecule has 0 spiro atoms. The van der Waals surface area contributed by atoms with E-state index >= 15 is 0 Å². The Kier molecular flexibility index (Phi) is 6.62. The van der Waals surface area contributed by atoms with Gasteiger partial charge in [0.2, 0.25) is 11.8 Å². The fourth-order valence-corrected chi connectivity index (χ4v) is 2.46. The molecule has 2 N–H and O–H groups in total. The second-order valence-electron chi connectivity index (χ2n) is 5.79. The Balaban J connectivity index is 1.68. The maximum Gasteiger partial charge on any atom is 0.243 e. The number of likely N-dealkylation sites (N-methyl/N-ethyl adjacent to an activating group) is 1. The van der Waals surface area contributed by atoms with Crippen LogP contribution in [0.5, 0.6) is 0 Å². The summed E-state index contributed by atoms with van der Waals surface area (Å²) in [7, 11) is 1.81. The van der Waals surface area contributed by atoms with Gasteiger partial charge in [-0.25, -0.2) is 8.78 Å². The van der Waals surface area contributed by atoms with Crippen LogP contribution in [0.1, 0.15) is 12.8 Å². The minimum Gasteiger partial charge on any atom is -0.377 e. The molecule has 0 unspecified atom stereocenters. The molecule has 0 aliphatic carbocycles. The summed E-state index contributed by atoms with van der Waals surface area (Å²) in [4.78, 5) is 25.3. The summed E-state index contributed by atoms with van der Waals surface area (Å²) in [6.45, 7) is 1.33. The predicted molar refractivity (Wildman–Crippen MR) is 84.5 cm³/mol. The number of ether oxygens (including phenoxy) is 1. The molecule has 0 radical (unpaired) electrons. The number of benzene rings is 1. The lowest BCUT2D eigenvalue weighted by Gasteiger charge is -2.19. The minimum absolute atomic E-state index is 0.128. The summed E-state index contributed by atoms with van der Waals surface area (Å²) >= 11 is 0. The lowest BCUT2D eigenvalue weighted by molar-refractivity contribution is -0.125. The van der Waals surface area contributed by atoms with Gasteiger partial charge in [0.25, 0.3) is 0 Å². The van der Waals surface area contributed by atoms with Crippen molar-refractivity contribution in [2.75, 3.05) is 38.6 Å². The molecule has 2 amide bonds. The van der Waals surface area contributed by atoms with Crippen molar-refractivity contribution in [3.05, 3.63) is 29.8 Å². The Labute approximate surface area is 139 Å². The molecule has 1 aliphatic rings. The van der Waals surface area contributed by atoms with E-state index in [0.717, 1.165) is 31.6 Å². The summed E-state index contributed by atoms with van der Waals surface area (Å²) in [5.74, 6) is -2.85. The van der Waals surface area contributed by atoms with E-state index in [1.54, 1.807) is 0 Å². The third-order valence-electron chi connectivity index (χ3n) is 3.60. The summed E-state index contributed by atoms with van der Waals surface area (Å²) in [6.07, 6.45) is 2.18. The molecule has 1 fully saturated rings. The zero-order valence-corrected chi connectivity index (χ0v) is 13.5. The number of amides is 2. The number of carbonyl (C=O) groups is 2. The molecule has 2 rings (SSSR count). The normalized spacial score (nSPS) is 17.1. The van der Waals surface area contributed by atoms with Crippen molar-refractivity contribution >= 4 is 17.5 Å². The topological polar surface area (TPSA) is 70.7 Å². The smallest absolute Gasteiger partial charge is 0.243 e. The van der Waals surface area contributed by atoms with Crippen LogP contribution in [0.15, 0.2) is 18.2 Å². The average molecular weight is 341 g/mol. The first kappa shape index (κ1) is 18.3. The van der Waals surface area contributed by atoms with Crippen LogP contribution in [-0.2, 0) is 14.3 Å². The maximum atomic E-state index is 13.0. The maximum absolute atomic E-state index is 13.0. The zero-order chi connectivity index (χ0) is 17.5. The van der Waals surface area contributed by atoms with Crippen LogP contribution in [0.2, 0.25) is 0 Å². The largest absolute Gasteiger partial charge is 0.377 e. The SMILES string of the molecule is CN(CC(=O)NCC(=O)Nc1ccc(F)c(F)c1)C[C@H]1CCCO1. The summed E-state index contributed by atoms with van der Waals surface area (Å²) < 4.78 is 31.3. The van der Waals surface area contributed by atoms with Crippen LogP contribution >= 0.6 is 0 Å². The van der Waals surface area contributed by atoms with Crippen molar-refractivity contribution in [2.24, 2.45) is 0 Å². The van der Waals surface area contributed by atoms with Gasteiger partial charge in [-0.2, -0.15) is 0 Å². The molecular weight excluding hydrogens is 320 g/mol. The van der Waals surface area contributed by atoms with Crippen molar-refractivity contribution in [2.45, 2.75) is 18.9 Å². The Bertz CT molecular complexity index is 592. The molecule has 1 heterocycles. The van der Waals surface area contributed by atoms with Gasteiger partial charge >= 0.3 is 0 Å². The molecule has 0 bridgehead atoms. The third-order valence-corrected chi connectivity index (χ3v) is 3.60. The minimum atomic E-state index is -1.05. The standard InChI is InChI=1S/C16H21F2N3O3/c1-21(9-12-3-2-6-24-12)10-16(23)19-8-15(22)20-11-4-5-13(17)14(18)7-11/h4-5,7,12H,2-3,6,8-10H2,1H3,(H,19,23)(H,20,22)/t12-/m1/s1. The van der Waals surface area contributed by atoms with Crippen molar-refractivity contribution in [1.29, 1.82) is 0 Å². The molecule has 0 saturated carbocycles. The van der Waals surface area contributed by atoms with Crippen LogP contribution in [0.3, 0.4) is 0 Å². The number of hydrogen-bond donors (Lipinski definition) is 2. The Morgan fingerprint density at radius 1 is 1.29 bits per heavy atom. The van der Waals surface area contributed by atoms with Gasteiger partial charge in [-0.15, -0.1) is 0 Å². The fourth-order valence-electron chi connectivity index (χ4n) is 2.46. The van der Waals surface area contributed by atoms with E-state index in [9.17, 15) is 18.4 Å². The number of nitrogens with one attached hydrogen (secondary N) is 2. The van der Waals surface area contributed by atoms with E-state index in [0.29, 0.717) is 6.54 Å². The summed E-state index contributed by atoms with van der Waals surface area (Å²) in [5.41, 5.74) is 0.128. The zero-order valence-electron chi connectivity index (χ0n) is 13.5. The van der Waals surface area contributed by atoms with Crippen molar-refractivity contribution < 1.29 is 23.1 Å². The number of halogens is 2. The number of nitrogens with zero attached hydrogens (tertiary/aromatic N) is 1. The highest BCUT2D eigenvalue weighted by atomic mass is 19.2. The monoisotopic (exact) mass is 341 g/mol. The number of rotatable bonds is 7. The van der Waals surface area contributed by atoms with Crippen molar-refractivity contribution in [3.63, 3.8) is 0 Å². The van der Waals surface area contributed by atoms with E-state index < -0.39 is 17.5 Å². The number of anilines is 1. The first-order valence-electron chi connectivity index (χ1n) is 7.76. The molecule has 8 heteroatoms. The Hall–Kier alpha value is -2.06. The van der Waals surface area contributed by atoms with Gasteiger partial charge in [0, 0.05) is 24.9 Å². The molecule has 1 saturated heterocycles. The number of carbonyl (C=O) groups excluding carboxylic acids is 2. The molecule has 6 nitrogen and oxygen atoms in total. The quantitative estimate of drug-likeness (QED) is 0.780. The predicted octanol–water partition coefficient (Wildman–Crippen LogP) is 1.13. The lowest BCUT2D eigenvalue weighted by Crippen LogP contribution is -2.41. The fraction of sp³-hybridized carbons (Fsp3) is 0.500. The molecule has 1 atom stereocenters. The molecule has 132 valence electrons. The average Bonchev–Trinajstić information content (AvgIpc) is 3.01. The Morgan fingerprint density at radius 2 is 2.08 bits per heavy atom.